The molecule has 1 aromatic carbocycles. The van der Waals surface area contributed by atoms with Crippen molar-refractivity contribution < 1.29 is 8.42 Å². The van der Waals surface area contributed by atoms with Crippen molar-refractivity contribution in [2.75, 3.05) is 31.9 Å². The Morgan fingerprint density at radius 1 is 1.21 bits per heavy atom. The van der Waals surface area contributed by atoms with Crippen LogP contribution < -0.4 is 5.32 Å². The molecular weight excluding hydrogens is 372 g/mol. The molecule has 1 aromatic rings. The number of nitriles is 1. The van der Waals surface area contributed by atoms with Gasteiger partial charge in [-0.2, -0.15) is 9.57 Å². The minimum absolute atomic E-state index is 0.131. The van der Waals surface area contributed by atoms with Gasteiger partial charge in [0.05, 0.1) is 23.8 Å². The van der Waals surface area contributed by atoms with E-state index in [0.717, 1.165) is 25.9 Å². The fraction of sp³-hybridized carbons (Fsp3) is 0.667. The van der Waals surface area contributed by atoms with Crippen LogP contribution in [-0.4, -0.2) is 67.2 Å². The quantitative estimate of drug-likeness (QED) is 0.754. The van der Waals surface area contributed by atoms with Gasteiger partial charge in [-0.15, -0.1) is 0 Å². The van der Waals surface area contributed by atoms with Crippen LogP contribution in [0.5, 0.6) is 0 Å². The summed E-state index contributed by atoms with van der Waals surface area (Å²) in [7, 11) is -3.16. The minimum Gasteiger partial charge on any atom is -0.311 e. The number of piperidine rings is 1. The Hall–Kier alpha value is -1.46. The van der Waals surface area contributed by atoms with E-state index in [9.17, 15) is 13.7 Å². The second kappa shape index (κ2) is 7.75. The summed E-state index contributed by atoms with van der Waals surface area (Å²) >= 11 is 0. The van der Waals surface area contributed by atoms with Crippen LogP contribution in [0.25, 0.3) is 0 Å². The van der Waals surface area contributed by atoms with Crippen LogP contribution in [0.1, 0.15) is 44.1 Å². The lowest BCUT2D eigenvalue weighted by atomic mass is 9.84. The molecule has 1 N–H and O–H groups in total. The lowest BCUT2D eigenvalue weighted by molar-refractivity contribution is -0.0255. The van der Waals surface area contributed by atoms with Gasteiger partial charge in [0.15, 0.2) is 0 Å². The standard InChI is InChI=1S/C21H30N4O2S/c1-2-28(26,27)25-15-21(16-25,10-11-22)24-12-8-18(9-13-24)23-20-14-19(20)17-6-4-3-5-7-17/h3-7,18-20,23H,2,8-10,12-16H2,1H3/t19-,20+/m0/s1. The largest absolute Gasteiger partial charge is 0.311 e. The highest BCUT2D eigenvalue weighted by Gasteiger charge is 2.52. The lowest BCUT2D eigenvalue weighted by Crippen LogP contribution is -2.72. The van der Waals surface area contributed by atoms with Gasteiger partial charge in [-0.3, -0.25) is 4.90 Å². The predicted octanol–water partition coefficient (Wildman–Crippen LogP) is 1.91. The third-order valence-corrected chi connectivity index (χ3v) is 8.52. The highest BCUT2D eigenvalue weighted by molar-refractivity contribution is 7.89. The Morgan fingerprint density at radius 2 is 1.89 bits per heavy atom. The molecule has 0 amide bonds. The molecule has 0 aromatic heterocycles. The SMILES string of the molecule is CCS(=O)(=O)N1CC(CC#N)(N2CCC(N[C@@H]3C[C@H]3c3ccccc3)CC2)C1. The topological polar surface area (TPSA) is 76.4 Å². The minimum atomic E-state index is -3.16. The van der Waals surface area contributed by atoms with E-state index in [1.54, 1.807) is 11.2 Å². The van der Waals surface area contributed by atoms with Gasteiger partial charge in [0, 0.05) is 44.2 Å². The van der Waals surface area contributed by atoms with Gasteiger partial charge in [0.2, 0.25) is 10.0 Å². The van der Waals surface area contributed by atoms with Crippen LogP contribution in [-0.2, 0) is 10.0 Å². The molecule has 2 heterocycles. The maximum absolute atomic E-state index is 12.1. The molecule has 2 atom stereocenters. The van der Waals surface area contributed by atoms with Crippen molar-refractivity contribution in [3.63, 3.8) is 0 Å². The van der Waals surface area contributed by atoms with Crippen LogP contribution in [0.15, 0.2) is 30.3 Å². The molecule has 0 bridgehead atoms. The molecule has 2 aliphatic heterocycles. The van der Waals surface area contributed by atoms with Crippen LogP contribution >= 0.6 is 0 Å². The van der Waals surface area contributed by atoms with Gasteiger partial charge >= 0.3 is 0 Å². The van der Waals surface area contributed by atoms with E-state index in [0.29, 0.717) is 37.5 Å². The van der Waals surface area contributed by atoms with Crippen molar-refractivity contribution in [1.29, 1.82) is 5.26 Å². The molecule has 0 spiro atoms. The van der Waals surface area contributed by atoms with Crippen molar-refractivity contribution in [3.05, 3.63) is 35.9 Å². The van der Waals surface area contributed by atoms with E-state index >= 15 is 0 Å². The van der Waals surface area contributed by atoms with E-state index in [1.807, 2.05) is 0 Å². The van der Waals surface area contributed by atoms with Crippen molar-refractivity contribution in [2.24, 2.45) is 0 Å². The number of sulfonamides is 1. The fourth-order valence-electron chi connectivity index (χ4n) is 4.83. The number of nitrogens with zero attached hydrogens (tertiary/aromatic N) is 3. The van der Waals surface area contributed by atoms with Crippen LogP contribution in [0.4, 0.5) is 0 Å². The summed E-state index contributed by atoms with van der Waals surface area (Å²) in [6.07, 6.45) is 3.74. The molecule has 1 aliphatic carbocycles. The lowest BCUT2D eigenvalue weighted by Gasteiger charge is -2.55. The summed E-state index contributed by atoms with van der Waals surface area (Å²) in [5, 5.41) is 13.1. The van der Waals surface area contributed by atoms with E-state index in [1.165, 1.54) is 12.0 Å². The van der Waals surface area contributed by atoms with Crippen molar-refractivity contribution >= 4 is 10.0 Å². The zero-order valence-corrected chi connectivity index (χ0v) is 17.4. The first-order valence-corrected chi connectivity index (χ1v) is 12.0. The number of hydrogen-bond donors (Lipinski definition) is 1. The highest BCUT2D eigenvalue weighted by Crippen LogP contribution is 2.42. The van der Waals surface area contributed by atoms with Crippen LogP contribution in [0.3, 0.4) is 0 Å². The molecular formula is C21H30N4O2S. The number of nitrogens with one attached hydrogen (secondary N) is 1. The summed E-state index contributed by atoms with van der Waals surface area (Å²) in [5.74, 6) is 0.773. The van der Waals surface area contributed by atoms with E-state index < -0.39 is 10.0 Å². The summed E-state index contributed by atoms with van der Waals surface area (Å²) in [6.45, 7) is 4.47. The molecule has 2 saturated heterocycles. The molecule has 1 saturated carbocycles. The average molecular weight is 403 g/mol. The molecule has 7 heteroatoms. The third kappa shape index (κ3) is 3.84. The summed E-state index contributed by atoms with van der Waals surface area (Å²) < 4.78 is 25.7. The van der Waals surface area contributed by atoms with Gasteiger partial charge < -0.3 is 5.32 Å². The van der Waals surface area contributed by atoms with Crippen LogP contribution in [0, 0.1) is 11.3 Å². The second-order valence-electron chi connectivity index (χ2n) is 8.52. The zero-order valence-electron chi connectivity index (χ0n) is 16.5. The fourth-order valence-corrected chi connectivity index (χ4v) is 6.07. The van der Waals surface area contributed by atoms with Gasteiger partial charge in [0.25, 0.3) is 0 Å². The average Bonchev–Trinajstić information content (AvgIpc) is 3.45. The monoisotopic (exact) mass is 402 g/mol. The molecule has 6 nitrogen and oxygen atoms in total. The van der Waals surface area contributed by atoms with Gasteiger partial charge in [-0.1, -0.05) is 30.3 Å². The van der Waals surface area contributed by atoms with Crippen molar-refractivity contribution in [1.82, 2.24) is 14.5 Å². The molecule has 3 aliphatic rings. The number of hydrogen-bond acceptors (Lipinski definition) is 5. The highest BCUT2D eigenvalue weighted by atomic mass is 32.2. The summed E-state index contributed by atoms with van der Waals surface area (Å²) in [4.78, 5) is 2.37. The Bertz CT molecular complexity index is 822. The summed E-state index contributed by atoms with van der Waals surface area (Å²) in [6, 6.07) is 14.1. The first kappa shape index (κ1) is 19.8. The normalized spacial score (nSPS) is 28.4. The maximum atomic E-state index is 12.1. The van der Waals surface area contributed by atoms with Crippen molar-refractivity contribution in [2.45, 2.75) is 56.1 Å². The van der Waals surface area contributed by atoms with Gasteiger partial charge in [0.1, 0.15) is 0 Å². The van der Waals surface area contributed by atoms with Crippen LogP contribution in [0.2, 0.25) is 0 Å². The number of benzene rings is 1. The van der Waals surface area contributed by atoms with Gasteiger partial charge in [-0.25, -0.2) is 8.42 Å². The molecule has 28 heavy (non-hydrogen) atoms. The maximum Gasteiger partial charge on any atom is 0.213 e. The molecule has 0 unspecified atom stereocenters. The predicted molar refractivity (Wildman–Crippen MR) is 109 cm³/mol. The molecule has 152 valence electrons. The zero-order chi connectivity index (χ0) is 19.8. The Kier molecular flexibility index (Phi) is 5.49. The Labute approximate surface area is 168 Å². The third-order valence-electron chi connectivity index (χ3n) is 6.74. The molecule has 0 radical (unpaired) electrons. The number of rotatable bonds is 7. The van der Waals surface area contributed by atoms with E-state index in [-0.39, 0.29) is 11.3 Å². The molecule has 4 rings (SSSR count). The van der Waals surface area contributed by atoms with Crippen molar-refractivity contribution in [3.8, 4) is 6.07 Å². The second-order valence-corrected chi connectivity index (χ2v) is 10.8. The Morgan fingerprint density at radius 3 is 2.50 bits per heavy atom. The summed E-state index contributed by atoms with van der Waals surface area (Å²) in [5.41, 5.74) is 1.14. The number of likely N-dealkylation sites (tertiary alicyclic amines) is 1. The van der Waals surface area contributed by atoms with E-state index in [2.05, 4.69) is 46.6 Å². The first-order valence-electron chi connectivity index (χ1n) is 10.4. The van der Waals surface area contributed by atoms with E-state index in [4.69, 9.17) is 0 Å². The van der Waals surface area contributed by atoms with Gasteiger partial charge in [-0.05, 0) is 31.7 Å². The Balaban J connectivity index is 1.28. The first-order chi connectivity index (χ1) is 13.5. The molecule has 3 fully saturated rings. The smallest absolute Gasteiger partial charge is 0.213 e.